The van der Waals surface area contributed by atoms with Gasteiger partial charge in [0.2, 0.25) is 0 Å². The lowest BCUT2D eigenvalue weighted by molar-refractivity contribution is 0.0688. The molecule has 1 aromatic rings. The van der Waals surface area contributed by atoms with Gasteiger partial charge in [-0.3, -0.25) is 0 Å². The van der Waals surface area contributed by atoms with Crippen LogP contribution in [0.1, 0.15) is 10.4 Å². The first kappa shape index (κ1) is 12.7. The molecular formula is C12H11ClN2O3. The summed E-state index contributed by atoms with van der Waals surface area (Å²) in [6.45, 7) is 1.28. The maximum atomic E-state index is 11.2. The molecule has 0 radical (unpaired) electrons. The third-order valence-electron chi connectivity index (χ3n) is 2.76. The molecule has 18 heavy (non-hydrogen) atoms. The van der Waals surface area contributed by atoms with Gasteiger partial charge >= 0.3 is 5.97 Å². The average molecular weight is 267 g/mol. The minimum atomic E-state index is -1.07. The molecule has 0 aliphatic carbocycles. The molecule has 5 nitrogen and oxygen atoms in total. The molecule has 1 fully saturated rings. The molecule has 0 bridgehead atoms. The van der Waals surface area contributed by atoms with Gasteiger partial charge in [0.15, 0.2) is 6.10 Å². The van der Waals surface area contributed by atoms with E-state index < -0.39 is 12.1 Å². The molecule has 94 valence electrons. The summed E-state index contributed by atoms with van der Waals surface area (Å²) >= 11 is 5.91. The fraction of sp³-hybridized carbons (Fsp3) is 0.333. The number of ether oxygens (including phenoxy) is 1. The number of anilines is 1. The van der Waals surface area contributed by atoms with Crippen molar-refractivity contribution in [1.29, 1.82) is 5.26 Å². The van der Waals surface area contributed by atoms with Gasteiger partial charge in [0.25, 0.3) is 0 Å². The van der Waals surface area contributed by atoms with Crippen molar-refractivity contribution in [3.8, 4) is 6.07 Å². The van der Waals surface area contributed by atoms with E-state index in [1.54, 1.807) is 12.1 Å². The maximum absolute atomic E-state index is 11.2. The van der Waals surface area contributed by atoms with Crippen LogP contribution >= 0.6 is 11.6 Å². The second-order valence-electron chi connectivity index (χ2n) is 3.87. The van der Waals surface area contributed by atoms with E-state index in [0.29, 0.717) is 25.4 Å². The number of hydrogen-bond acceptors (Lipinski definition) is 4. The van der Waals surface area contributed by atoms with Gasteiger partial charge in [0, 0.05) is 6.54 Å². The average Bonchev–Trinajstić information content (AvgIpc) is 2.38. The normalized spacial score (nSPS) is 19.3. The first-order chi connectivity index (χ1) is 8.63. The summed E-state index contributed by atoms with van der Waals surface area (Å²) in [7, 11) is 0. The standard InChI is InChI=1S/C12H11ClN2O3/c13-9-2-1-3-10(11(9)12(16)17)15-4-5-18-8(6-14)7-15/h1-3,8H,4-5,7H2,(H,16,17). The quantitative estimate of drug-likeness (QED) is 0.883. The molecule has 0 saturated carbocycles. The molecule has 1 atom stereocenters. The Balaban J connectivity index is 2.36. The lowest BCUT2D eigenvalue weighted by Crippen LogP contribution is -2.42. The summed E-state index contributed by atoms with van der Waals surface area (Å²) in [5.41, 5.74) is 0.594. The number of hydrogen-bond donors (Lipinski definition) is 1. The first-order valence-electron chi connectivity index (χ1n) is 5.41. The van der Waals surface area contributed by atoms with Crippen molar-refractivity contribution in [3.05, 3.63) is 28.8 Å². The van der Waals surface area contributed by atoms with Gasteiger partial charge in [0.05, 0.1) is 29.9 Å². The van der Waals surface area contributed by atoms with Gasteiger partial charge in [-0.05, 0) is 12.1 Å². The van der Waals surface area contributed by atoms with Crippen LogP contribution in [-0.4, -0.2) is 36.9 Å². The third-order valence-corrected chi connectivity index (χ3v) is 3.07. The summed E-state index contributed by atoms with van der Waals surface area (Å²) in [6, 6.07) is 6.95. The molecular weight excluding hydrogens is 256 g/mol. The Bertz CT molecular complexity index is 513. The van der Waals surface area contributed by atoms with Gasteiger partial charge in [-0.2, -0.15) is 5.26 Å². The zero-order chi connectivity index (χ0) is 13.1. The predicted octanol–water partition coefficient (Wildman–Crippen LogP) is 1.77. The number of halogens is 1. The zero-order valence-electron chi connectivity index (χ0n) is 9.47. The monoisotopic (exact) mass is 266 g/mol. The number of carbonyl (C=O) groups is 1. The molecule has 1 N–H and O–H groups in total. The minimum absolute atomic E-state index is 0.0674. The molecule has 0 spiro atoms. The van der Waals surface area contributed by atoms with Crippen molar-refractivity contribution in [2.45, 2.75) is 6.10 Å². The van der Waals surface area contributed by atoms with Crippen molar-refractivity contribution in [2.24, 2.45) is 0 Å². The number of benzene rings is 1. The Morgan fingerprint density at radius 2 is 2.39 bits per heavy atom. The molecule has 0 amide bonds. The van der Waals surface area contributed by atoms with Crippen molar-refractivity contribution in [3.63, 3.8) is 0 Å². The van der Waals surface area contributed by atoms with Gasteiger partial charge in [-0.25, -0.2) is 4.79 Å². The van der Waals surface area contributed by atoms with Gasteiger partial charge in [-0.15, -0.1) is 0 Å². The molecule has 6 heteroatoms. The van der Waals surface area contributed by atoms with Crippen LogP contribution in [0.25, 0.3) is 0 Å². The number of carboxylic acids is 1. The molecule has 1 heterocycles. The fourth-order valence-electron chi connectivity index (χ4n) is 1.93. The largest absolute Gasteiger partial charge is 0.478 e. The zero-order valence-corrected chi connectivity index (χ0v) is 10.2. The van der Waals surface area contributed by atoms with E-state index in [2.05, 4.69) is 0 Å². The van der Waals surface area contributed by atoms with Crippen LogP contribution in [0.2, 0.25) is 5.02 Å². The Morgan fingerprint density at radius 1 is 1.61 bits per heavy atom. The van der Waals surface area contributed by atoms with Crippen LogP contribution in [0.15, 0.2) is 18.2 Å². The lowest BCUT2D eigenvalue weighted by Gasteiger charge is -2.32. The van der Waals surface area contributed by atoms with Crippen molar-refractivity contribution in [1.82, 2.24) is 0 Å². The highest BCUT2D eigenvalue weighted by molar-refractivity contribution is 6.34. The van der Waals surface area contributed by atoms with Crippen molar-refractivity contribution < 1.29 is 14.6 Å². The minimum Gasteiger partial charge on any atom is -0.478 e. The third kappa shape index (κ3) is 2.40. The van der Waals surface area contributed by atoms with Crippen LogP contribution in [0.4, 0.5) is 5.69 Å². The highest BCUT2D eigenvalue weighted by Gasteiger charge is 2.25. The second-order valence-corrected chi connectivity index (χ2v) is 4.28. The van der Waals surface area contributed by atoms with Gasteiger partial charge < -0.3 is 14.7 Å². The fourth-order valence-corrected chi connectivity index (χ4v) is 2.18. The maximum Gasteiger partial charge on any atom is 0.339 e. The summed E-state index contributed by atoms with van der Waals surface area (Å²) in [6.07, 6.45) is -0.542. The van der Waals surface area contributed by atoms with Gasteiger partial charge in [0.1, 0.15) is 5.56 Å². The molecule has 0 aromatic heterocycles. The second kappa shape index (κ2) is 5.25. The van der Waals surface area contributed by atoms with E-state index in [1.807, 2.05) is 11.0 Å². The summed E-state index contributed by atoms with van der Waals surface area (Å²) in [4.78, 5) is 13.0. The molecule has 1 aliphatic rings. The van der Waals surface area contributed by atoms with E-state index in [1.165, 1.54) is 6.07 Å². The molecule has 1 aliphatic heterocycles. The summed E-state index contributed by atoms with van der Waals surface area (Å²) in [5.74, 6) is -1.07. The SMILES string of the molecule is N#CC1CN(c2cccc(Cl)c2C(=O)O)CCO1. The van der Waals surface area contributed by atoms with Crippen LogP contribution in [-0.2, 0) is 4.74 Å². The number of rotatable bonds is 2. The first-order valence-corrected chi connectivity index (χ1v) is 5.79. The Morgan fingerprint density at radius 3 is 3.06 bits per heavy atom. The number of nitriles is 1. The highest BCUT2D eigenvalue weighted by Crippen LogP contribution is 2.28. The number of carboxylic acid groups (broad SMARTS) is 1. The Hall–Kier alpha value is -1.77. The van der Waals surface area contributed by atoms with E-state index >= 15 is 0 Å². The van der Waals surface area contributed by atoms with Crippen LogP contribution in [0.3, 0.4) is 0 Å². The van der Waals surface area contributed by atoms with E-state index in [9.17, 15) is 9.90 Å². The topological polar surface area (TPSA) is 73.6 Å². The van der Waals surface area contributed by atoms with Crippen LogP contribution < -0.4 is 4.90 Å². The van der Waals surface area contributed by atoms with E-state index in [4.69, 9.17) is 21.6 Å². The molecule has 2 rings (SSSR count). The predicted molar refractivity (Wildman–Crippen MR) is 66.0 cm³/mol. The van der Waals surface area contributed by atoms with Crippen molar-refractivity contribution in [2.75, 3.05) is 24.6 Å². The summed E-state index contributed by atoms with van der Waals surface area (Å²) < 4.78 is 5.23. The smallest absolute Gasteiger partial charge is 0.339 e. The molecule has 1 aromatic carbocycles. The van der Waals surface area contributed by atoms with Crippen LogP contribution in [0, 0.1) is 11.3 Å². The van der Waals surface area contributed by atoms with Crippen LogP contribution in [0.5, 0.6) is 0 Å². The van der Waals surface area contributed by atoms with Gasteiger partial charge in [-0.1, -0.05) is 17.7 Å². The van der Waals surface area contributed by atoms with Crippen molar-refractivity contribution >= 4 is 23.3 Å². The van der Waals surface area contributed by atoms with E-state index in [-0.39, 0.29) is 10.6 Å². The summed E-state index contributed by atoms with van der Waals surface area (Å²) in [5, 5.41) is 18.2. The highest BCUT2D eigenvalue weighted by atomic mass is 35.5. The number of nitrogens with zero attached hydrogens (tertiary/aromatic N) is 2. The molecule has 1 unspecified atom stereocenters. The Kier molecular flexibility index (Phi) is 3.70. The number of aromatic carboxylic acids is 1. The molecule has 1 saturated heterocycles. The number of morpholine rings is 1. The van der Waals surface area contributed by atoms with E-state index in [0.717, 1.165) is 0 Å². The Labute approximate surface area is 109 Å². The lowest BCUT2D eigenvalue weighted by atomic mass is 10.1.